The van der Waals surface area contributed by atoms with E-state index in [4.69, 9.17) is 9.57 Å². The Morgan fingerprint density at radius 3 is 2.78 bits per heavy atom. The third kappa shape index (κ3) is 4.86. The third-order valence-electron chi connectivity index (χ3n) is 4.48. The molecule has 1 aliphatic heterocycles. The molecule has 0 amide bonds. The van der Waals surface area contributed by atoms with Gasteiger partial charge in [-0.25, -0.2) is 0 Å². The highest BCUT2D eigenvalue weighted by Gasteiger charge is 2.12. The second-order valence-corrected chi connectivity index (χ2v) is 6.24. The largest absolute Gasteiger partial charge is 0.394 e. The number of morpholine rings is 1. The summed E-state index contributed by atoms with van der Waals surface area (Å²) in [6.45, 7) is 4.90. The van der Waals surface area contributed by atoms with E-state index in [-0.39, 0.29) is 12.4 Å². The molecular formula is C20H23ClN4O2. The number of hydrogen-bond donors (Lipinski definition) is 1. The van der Waals surface area contributed by atoms with Gasteiger partial charge in [-0.3, -0.25) is 9.88 Å². The Balaban J connectivity index is 0.00000210. The maximum Gasteiger partial charge on any atom is 0.133 e. The SMILES string of the molecule is Cl.c1ccc(C(=NOCCN2CCOCC2)c2cc3ccncc3[nH]2)cc1. The Bertz CT molecular complexity index is 843. The number of hydrogen-bond acceptors (Lipinski definition) is 5. The molecule has 1 saturated heterocycles. The lowest BCUT2D eigenvalue weighted by Crippen LogP contribution is -2.38. The van der Waals surface area contributed by atoms with Crippen molar-refractivity contribution in [2.24, 2.45) is 5.16 Å². The molecule has 0 unspecified atom stereocenters. The molecule has 3 aromatic rings. The maximum absolute atomic E-state index is 5.67. The van der Waals surface area contributed by atoms with E-state index < -0.39 is 0 Å². The first kappa shape index (κ1) is 19.4. The number of aromatic nitrogens is 2. The van der Waals surface area contributed by atoms with E-state index >= 15 is 0 Å². The van der Waals surface area contributed by atoms with Gasteiger partial charge < -0.3 is 14.6 Å². The van der Waals surface area contributed by atoms with E-state index in [0.717, 1.165) is 60.7 Å². The number of oxime groups is 1. The molecule has 1 N–H and O–H groups in total. The van der Waals surface area contributed by atoms with Gasteiger partial charge in [0.25, 0.3) is 0 Å². The molecule has 0 spiro atoms. The molecule has 7 heteroatoms. The average molecular weight is 387 g/mol. The van der Waals surface area contributed by atoms with Crippen molar-refractivity contribution in [2.45, 2.75) is 0 Å². The van der Waals surface area contributed by atoms with Crippen molar-refractivity contribution in [1.82, 2.24) is 14.9 Å². The molecule has 1 fully saturated rings. The van der Waals surface area contributed by atoms with Gasteiger partial charge in [0.15, 0.2) is 0 Å². The van der Waals surface area contributed by atoms with Crippen LogP contribution in [0.2, 0.25) is 0 Å². The normalized spacial score (nSPS) is 15.5. The minimum Gasteiger partial charge on any atom is -0.394 e. The lowest BCUT2D eigenvalue weighted by molar-refractivity contribution is 0.0212. The highest BCUT2D eigenvalue weighted by molar-refractivity contribution is 6.13. The lowest BCUT2D eigenvalue weighted by Gasteiger charge is -2.25. The summed E-state index contributed by atoms with van der Waals surface area (Å²) in [6, 6.07) is 14.1. The van der Waals surface area contributed by atoms with Crippen LogP contribution in [0.5, 0.6) is 0 Å². The Morgan fingerprint density at radius 1 is 1.19 bits per heavy atom. The predicted molar refractivity (Wildman–Crippen MR) is 109 cm³/mol. The topological polar surface area (TPSA) is 62.7 Å². The zero-order valence-corrected chi connectivity index (χ0v) is 15.8. The fourth-order valence-corrected chi connectivity index (χ4v) is 3.06. The van der Waals surface area contributed by atoms with Gasteiger partial charge in [0.1, 0.15) is 12.3 Å². The van der Waals surface area contributed by atoms with Crippen LogP contribution in [0.4, 0.5) is 0 Å². The van der Waals surface area contributed by atoms with Crippen molar-refractivity contribution in [2.75, 3.05) is 39.5 Å². The molecule has 2 aromatic heterocycles. The summed E-state index contributed by atoms with van der Waals surface area (Å²) in [5, 5.41) is 5.55. The fraction of sp³-hybridized carbons (Fsp3) is 0.300. The molecule has 1 aromatic carbocycles. The maximum atomic E-state index is 5.67. The lowest BCUT2D eigenvalue weighted by atomic mass is 10.1. The molecule has 3 heterocycles. The summed E-state index contributed by atoms with van der Waals surface area (Å²) < 4.78 is 5.37. The molecule has 142 valence electrons. The molecule has 0 bridgehead atoms. The minimum atomic E-state index is 0. The molecule has 0 aliphatic carbocycles. The summed E-state index contributed by atoms with van der Waals surface area (Å²) in [7, 11) is 0. The number of nitrogens with one attached hydrogen (secondary N) is 1. The van der Waals surface area contributed by atoms with Crippen molar-refractivity contribution < 1.29 is 9.57 Å². The molecule has 0 atom stereocenters. The Morgan fingerprint density at radius 2 is 2.00 bits per heavy atom. The number of pyridine rings is 1. The highest BCUT2D eigenvalue weighted by atomic mass is 35.5. The van der Waals surface area contributed by atoms with Gasteiger partial charge >= 0.3 is 0 Å². The summed E-state index contributed by atoms with van der Waals surface area (Å²) in [5.74, 6) is 0. The number of rotatable bonds is 6. The number of benzene rings is 1. The van der Waals surface area contributed by atoms with Gasteiger partial charge in [-0.05, 0) is 12.1 Å². The number of nitrogens with zero attached hydrogens (tertiary/aromatic N) is 3. The second-order valence-electron chi connectivity index (χ2n) is 6.24. The van der Waals surface area contributed by atoms with Gasteiger partial charge in [0, 0.05) is 36.8 Å². The smallest absolute Gasteiger partial charge is 0.133 e. The van der Waals surface area contributed by atoms with Crippen molar-refractivity contribution in [3.63, 3.8) is 0 Å². The van der Waals surface area contributed by atoms with Crippen LogP contribution in [0.3, 0.4) is 0 Å². The number of aromatic amines is 1. The Hall–Kier alpha value is -2.41. The summed E-state index contributed by atoms with van der Waals surface area (Å²) in [6.07, 6.45) is 3.61. The molecule has 4 rings (SSSR count). The van der Waals surface area contributed by atoms with Crippen molar-refractivity contribution >= 4 is 29.0 Å². The summed E-state index contributed by atoms with van der Waals surface area (Å²) in [4.78, 5) is 15.6. The van der Waals surface area contributed by atoms with Crippen molar-refractivity contribution in [3.8, 4) is 0 Å². The van der Waals surface area contributed by atoms with Gasteiger partial charge in [-0.1, -0.05) is 35.5 Å². The molecule has 27 heavy (non-hydrogen) atoms. The van der Waals surface area contributed by atoms with Gasteiger partial charge in [-0.2, -0.15) is 0 Å². The average Bonchev–Trinajstić information content (AvgIpc) is 3.13. The zero-order valence-electron chi connectivity index (χ0n) is 15.0. The van der Waals surface area contributed by atoms with E-state index in [1.54, 1.807) is 6.20 Å². The van der Waals surface area contributed by atoms with E-state index in [1.165, 1.54) is 0 Å². The van der Waals surface area contributed by atoms with Crippen molar-refractivity contribution in [3.05, 3.63) is 66.1 Å². The van der Waals surface area contributed by atoms with Crippen LogP contribution in [-0.2, 0) is 9.57 Å². The number of H-pyrrole nitrogens is 1. The van der Waals surface area contributed by atoms with Gasteiger partial charge in [0.05, 0.1) is 30.6 Å². The van der Waals surface area contributed by atoms with Crippen LogP contribution >= 0.6 is 12.4 Å². The van der Waals surface area contributed by atoms with E-state index in [0.29, 0.717) is 6.61 Å². The molecule has 0 radical (unpaired) electrons. The van der Waals surface area contributed by atoms with E-state index in [9.17, 15) is 0 Å². The first-order valence-corrected chi connectivity index (χ1v) is 8.89. The molecule has 0 saturated carbocycles. The fourth-order valence-electron chi connectivity index (χ4n) is 3.06. The molecule has 1 aliphatic rings. The number of halogens is 1. The van der Waals surface area contributed by atoms with Crippen LogP contribution in [0, 0.1) is 0 Å². The Kier molecular flexibility index (Phi) is 6.81. The van der Waals surface area contributed by atoms with Crippen molar-refractivity contribution in [1.29, 1.82) is 0 Å². The summed E-state index contributed by atoms with van der Waals surface area (Å²) in [5.41, 5.74) is 3.71. The summed E-state index contributed by atoms with van der Waals surface area (Å²) >= 11 is 0. The Labute approximate surface area is 164 Å². The van der Waals surface area contributed by atoms with Gasteiger partial charge in [0.2, 0.25) is 0 Å². The van der Waals surface area contributed by atoms with E-state index in [2.05, 4.69) is 26.1 Å². The minimum absolute atomic E-state index is 0. The standard InChI is InChI=1S/C20H22N4O2.ClH/c1-2-4-16(5-3-1)20(18-14-17-6-7-21-15-19(17)22-18)23-26-13-10-24-8-11-25-12-9-24;/h1-7,14-15,22H,8-13H2;1H. The first-order chi connectivity index (χ1) is 12.9. The molecule has 6 nitrogen and oxygen atoms in total. The monoisotopic (exact) mass is 386 g/mol. The number of fused-ring (bicyclic) bond motifs is 1. The van der Waals surface area contributed by atoms with Crippen LogP contribution in [0.15, 0.2) is 60.0 Å². The van der Waals surface area contributed by atoms with Gasteiger partial charge in [-0.15, -0.1) is 12.4 Å². The first-order valence-electron chi connectivity index (χ1n) is 8.89. The van der Waals surface area contributed by atoms with Crippen LogP contribution in [0.1, 0.15) is 11.3 Å². The predicted octanol–water partition coefficient (Wildman–Crippen LogP) is 3.09. The molecular weight excluding hydrogens is 364 g/mol. The number of ether oxygens (including phenoxy) is 1. The van der Waals surface area contributed by atoms with Crippen LogP contribution in [-0.4, -0.2) is 60.0 Å². The zero-order chi connectivity index (χ0) is 17.6. The van der Waals surface area contributed by atoms with E-state index in [1.807, 2.05) is 42.6 Å². The second kappa shape index (κ2) is 9.50. The van der Waals surface area contributed by atoms with Crippen LogP contribution < -0.4 is 0 Å². The van der Waals surface area contributed by atoms with Crippen LogP contribution in [0.25, 0.3) is 10.9 Å². The quantitative estimate of drug-likeness (QED) is 0.401. The highest BCUT2D eigenvalue weighted by Crippen LogP contribution is 2.17. The third-order valence-corrected chi connectivity index (χ3v) is 4.48.